The second-order valence-corrected chi connectivity index (χ2v) is 5.42. The van der Waals surface area contributed by atoms with Crippen molar-refractivity contribution in [1.82, 2.24) is 4.57 Å². The van der Waals surface area contributed by atoms with Crippen LogP contribution in [-0.2, 0) is 6.54 Å². The maximum atomic E-state index is 12.8. The van der Waals surface area contributed by atoms with E-state index >= 15 is 0 Å². The van der Waals surface area contributed by atoms with Crippen LogP contribution in [0.4, 0.5) is 5.69 Å². The van der Waals surface area contributed by atoms with Gasteiger partial charge < -0.3 is 4.57 Å². The minimum Gasteiger partial charge on any atom is -0.313 e. The van der Waals surface area contributed by atoms with Crippen molar-refractivity contribution in [1.29, 1.82) is 0 Å². The molecule has 3 heteroatoms. The lowest BCUT2D eigenvalue weighted by Gasteiger charge is -2.15. The van der Waals surface area contributed by atoms with Crippen LogP contribution >= 0.6 is 0 Å². The van der Waals surface area contributed by atoms with E-state index in [-0.39, 0.29) is 11.2 Å². The summed E-state index contributed by atoms with van der Waals surface area (Å²) in [6.45, 7) is 9.55. The largest absolute Gasteiger partial charge is 0.313 e. The highest BCUT2D eigenvalue weighted by Crippen LogP contribution is 2.24. The standard InChI is InChI=1S/C20H16N2O/c1-15-13-18(17-11-7-4-8-12-17)22(20(23)19(15)21-2)14-16-9-5-3-6-10-16/h3-13H,14H2,1H3. The van der Waals surface area contributed by atoms with Crippen LogP contribution in [-0.4, -0.2) is 4.57 Å². The summed E-state index contributed by atoms with van der Waals surface area (Å²) in [7, 11) is 0. The molecule has 0 aliphatic rings. The average molecular weight is 300 g/mol. The molecule has 23 heavy (non-hydrogen) atoms. The molecular formula is C20H16N2O. The van der Waals surface area contributed by atoms with Gasteiger partial charge in [0.05, 0.1) is 6.57 Å². The monoisotopic (exact) mass is 300 g/mol. The zero-order chi connectivity index (χ0) is 16.2. The molecule has 0 saturated carbocycles. The molecule has 2 aromatic carbocycles. The lowest BCUT2D eigenvalue weighted by atomic mass is 10.1. The summed E-state index contributed by atoms with van der Waals surface area (Å²) in [4.78, 5) is 16.2. The first kappa shape index (κ1) is 14.8. The van der Waals surface area contributed by atoms with Gasteiger partial charge in [-0.25, -0.2) is 4.85 Å². The van der Waals surface area contributed by atoms with E-state index in [1.165, 1.54) is 0 Å². The topological polar surface area (TPSA) is 26.4 Å². The Morgan fingerprint density at radius 2 is 1.61 bits per heavy atom. The highest BCUT2D eigenvalue weighted by atomic mass is 16.1. The number of hydrogen-bond donors (Lipinski definition) is 0. The molecule has 3 nitrogen and oxygen atoms in total. The van der Waals surface area contributed by atoms with Gasteiger partial charge in [-0.1, -0.05) is 60.7 Å². The predicted octanol–water partition coefficient (Wildman–Crippen LogP) is 4.42. The molecule has 0 saturated heterocycles. The van der Waals surface area contributed by atoms with Crippen LogP contribution in [0.1, 0.15) is 11.1 Å². The molecule has 112 valence electrons. The highest BCUT2D eigenvalue weighted by Gasteiger charge is 2.14. The van der Waals surface area contributed by atoms with Crippen molar-refractivity contribution in [2.24, 2.45) is 0 Å². The quantitative estimate of drug-likeness (QED) is 0.657. The number of benzene rings is 2. The lowest BCUT2D eigenvalue weighted by molar-refractivity contribution is 0.770. The first-order valence-electron chi connectivity index (χ1n) is 7.42. The maximum Gasteiger partial charge on any atom is 0.257 e. The van der Waals surface area contributed by atoms with E-state index in [1.807, 2.05) is 73.7 Å². The molecule has 0 amide bonds. The number of rotatable bonds is 3. The molecule has 3 aromatic rings. The zero-order valence-corrected chi connectivity index (χ0v) is 12.9. The minimum absolute atomic E-state index is 0.195. The third-order valence-corrected chi connectivity index (χ3v) is 3.83. The predicted molar refractivity (Wildman–Crippen MR) is 92.7 cm³/mol. The van der Waals surface area contributed by atoms with Crippen molar-refractivity contribution in [3.8, 4) is 11.3 Å². The molecule has 0 atom stereocenters. The van der Waals surface area contributed by atoms with Gasteiger partial charge in [-0.3, -0.25) is 4.79 Å². The van der Waals surface area contributed by atoms with Crippen LogP contribution in [0.25, 0.3) is 16.1 Å². The fraction of sp³-hybridized carbons (Fsp3) is 0.100. The van der Waals surface area contributed by atoms with Crippen LogP contribution in [0.15, 0.2) is 71.5 Å². The number of aromatic nitrogens is 1. The Balaban J connectivity index is 2.23. The Hall–Kier alpha value is -3.12. The summed E-state index contributed by atoms with van der Waals surface area (Å²) in [6.07, 6.45) is 0. The van der Waals surface area contributed by atoms with Gasteiger partial charge in [0.15, 0.2) is 0 Å². The van der Waals surface area contributed by atoms with Crippen molar-refractivity contribution in [2.45, 2.75) is 13.5 Å². The second-order valence-electron chi connectivity index (χ2n) is 5.42. The van der Waals surface area contributed by atoms with Crippen molar-refractivity contribution < 1.29 is 0 Å². The molecule has 1 aromatic heterocycles. The fourth-order valence-corrected chi connectivity index (χ4v) is 2.66. The van der Waals surface area contributed by atoms with Crippen molar-refractivity contribution in [3.63, 3.8) is 0 Å². The van der Waals surface area contributed by atoms with Crippen molar-refractivity contribution >= 4 is 5.69 Å². The van der Waals surface area contributed by atoms with Gasteiger partial charge in [-0.2, -0.15) is 0 Å². The third kappa shape index (κ3) is 2.93. The van der Waals surface area contributed by atoms with Gasteiger partial charge in [-0.05, 0) is 29.7 Å². The fourth-order valence-electron chi connectivity index (χ4n) is 2.66. The van der Waals surface area contributed by atoms with Gasteiger partial charge in [0, 0.05) is 12.2 Å². The number of aryl methyl sites for hydroxylation is 1. The Morgan fingerprint density at radius 3 is 2.22 bits per heavy atom. The van der Waals surface area contributed by atoms with Crippen molar-refractivity contribution in [3.05, 3.63) is 99.6 Å². The van der Waals surface area contributed by atoms with Gasteiger partial charge >= 0.3 is 0 Å². The molecule has 0 bridgehead atoms. The Labute approximate surface area is 135 Å². The number of pyridine rings is 1. The molecule has 0 N–H and O–H groups in total. The van der Waals surface area contributed by atoms with E-state index in [1.54, 1.807) is 4.57 Å². The normalized spacial score (nSPS) is 10.3. The van der Waals surface area contributed by atoms with E-state index < -0.39 is 0 Å². The van der Waals surface area contributed by atoms with E-state index in [2.05, 4.69) is 4.85 Å². The van der Waals surface area contributed by atoms with Gasteiger partial charge in [0.2, 0.25) is 0 Å². The summed E-state index contributed by atoms with van der Waals surface area (Å²) in [5.41, 5.74) is 3.52. The van der Waals surface area contributed by atoms with Crippen LogP contribution < -0.4 is 5.56 Å². The SMILES string of the molecule is [C-]#[N+]c1c(C)cc(-c2ccccc2)n(Cc2ccccc2)c1=O. The van der Waals surface area contributed by atoms with E-state index in [0.29, 0.717) is 12.1 Å². The molecule has 1 heterocycles. The second kappa shape index (κ2) is 6.33. The highest BCUT2D eigenvalue weighted by molar-refractivity contribution is 5.65. The van der Waals surface area contributed by atoms with Gasteiger partial charge in [-0.15, -0.1) is 0 Å². The van der Waals surface area contributed by atoms with Crippen LogP contribution in [0.2, 0.25) is 0 Å². The van der Waals surface area contributed by atoms with Crippen LogP contribution in [0, 0.1) is 13.5 Å². The maximum absolute atomic E-state index is 12.8. The summed E-state index contributed by atoms with van der Waals surface area (Å²) < 4.78 is 1.69. The molecule has 3 rings (SSSR count). The molecule has 0 aliphatic carbocycles. The van der Waals surface area contributed by atoms with E-state index in [4.69, 9.17) is 6.57 Å². The Morgan fingerprint density at radius 1 is 1.00 bits per heavy atom. The van der Waals surface area contributed by atoms with Gasteiger partial charge in [0.1, 0.15) is 0 Å². The molecule has 0 unspecified atom stereocenters. The smallest absolute Gasteiger partial charge is 0.257 e. The number of hydrogen-bond acceptors (Lipinski definition) is 1. The summed E-state index contributed by atoms with van der Waals surface area (Å²) >= 11 is 0. The van der Waals surface area contributed by atoms with Crippen LogP contribution in [0.5, 0.6) is 0 Å². The lowest BCUT2D eigenvalue weighted by Crippen LogP contribution is -2.22. The van der Waals surface area contributed by atoms with E-state index in [0.717, 1.165) is 16.8 Å². The summed E-state index contributed by atoms with van der Waals surface area (Å²) in [5.74, 6) is 0. The number of nitrogens with zero attached hydrogens (tertiary/aromatic N) is 2. The first-order chi connectivity index (χ1) is 11.2. The van der Waals surface area contributed by atoms with Crippen LogP contribution in [0.3, 0.4) is 0 Å². The Bertz CT molecular complexity index is 920. The average Bonchev–Trinajstić information content (AvgIpc) is 2.59. The summed E-state index contributed by atoms with van der Waals surface area (Å²) in [5, 5.41) is 0. The first-order valence-corrected chi connectivity index (χ1v) is 7.42. The molecule has 0 spiro atoms. The summed E-state index contributed by atoms with van der Waals surface area (Å²) in [6, 6.07) is 21.5. The zero-order valence-electron chi connectivity index (χ0n) is 12.9. The molecular weight excluding hydrogens is 284 g/mol. The minimum atomic E-state index is -0.234. The van der Waals surface area contributed by atoms with E-state index in [9.17, 15) is 4.79 Å². The molecule has 0 radical (unpaired) electrons. The molecule has 0 fully saturated rings. The Kier molecular flexibility index (Phi) is 4.07. The van der Waals surface area contributed by atoms with Crippen molar-refractivity contribution in [2.75, 3.05) is 0 Å². The molecule has 0 aliphatic heterocycles. The van der Waals surface area contributed by atoms with Gasteiger partial charge in [0.25, 0.3) is 11.2 Å². The third-order valence-electron chi connectivity index (χ3n) is 3.83.